The predicted molar refractivity (Wildman–Crippen MR) is 145 cm³/mol. The molecule has 4 rings (SSSR count). The lowest BCUT2D eigenvalue weighted by Gasteiger charge is -2.29. The fourth-order valence-corrected chi connectivity index (χ4v) is 5.86. The first-order valence-corrected chi connectivity index (χ1v) is 14.1. The van der Waals surface area contributed by atoms with Crippen molar-refractivity contribution in [3.8, 4) is 0 Å². The van der Waals surface area contributed by atoms with Crippen LogP contribution in [0.3, 0.4) is 0 Å². The third-order valence-electron chi connectivity index (χ3n) is 7.16. The molecule has 1 fully saturated rings. The Bertz CT molecular complexity index is 1440. The number of esters is 1. The van der Waals surface area contributed by atoms with Gasteiger partial charge in [0.2, 0.25) is 0 Å². The molecule has 1 atom stereocenters. The molecule has 15 heteroatoms. The molecule has 1 aliphatic carbocycles. The van der Waals surface area contributed by atoms with Crippen LogP contribution >= 0.6 is 23.2 Å². The SMILES string of the molecule is CCOC(=O)[C@H]1CC[C@H](n2ncc(C(=O)N(Cc3cc(F)cc(F)c3)CC(O)c3c(Cl)cncc3Cl)c2C(F)(F)F)CC1. The molecule has 0 radical (unpaired) electrons. The first-order chi connectivity index (χ1) is 20.3. The Morgan fingerprint density at radius 3 is 2.23 bits per heavy atom. The van der Waals surface area contributed by atoms with Crippen molar-refractivity contribution >= 4 is 35.1 Å². The van der Waals surface area contributed by atoms with Crippen LogP contribution in [0.15, 0.2) is 36.8 Å². The van der Waals surface area contributed by atoms with Gasteiger partial charge in [0.25, 0.3) is 5.91 Å². The average Bonchev–Trinajstić information content (AvgIpc) is 3.38. The first-order valence-electron chi connectivity index (χ1n) is 13.3. The van der Waals surface area contributed by atoms with Crippen LogP contribution in [0.4, 0.5) is 22.0 Å². The number of aliphatic hydroxyl groups excluding tert-OH is 1. The van der Waals surface area contributed by atoms with Gasteiger partial charge >= 0.3 is 12.1 Å². The zero-order valence-corrected chi connectivity index (χ0v) is 24.3. The van der Waals surface area contributed by atoms with Crippen molar-refractivity contribution in [1.82, 2.24) is 19.7 Å². The van der Waals surface area contributed by atoms with Crippen LogP contribution < -0.4 is 0 Å². The average molecular weight is 649 g/mol. The first kappa shape index (κ1) is 32.6. The van der Waals surface area contributed by atoms with Crippen LogP contribution in [0.25, 0.3) is 0 Å². The largest absolute Gasteiger partial charge is 0.466 e. The lowest BCUT2D eigenvalue weighted by Crippen LogP contribution is -2.36. The van der Waals surface area contributed by atoms with E-state index in [2.05, 4.69) is 10.1 Å². The molecule has 1 unspecified atom stereocenters. The molecular weight excluding hydrogens is 622 g/mol. The summed E-state index contributed by atoms with van der Waals surface area (Å²) in [6.07, 6.45) is -2.55. The maximum Gasteiger partial charge on any atom is 0.433 e. The molecule has 0 saturated heterocycles. The van der Waals surface area contributed by atoms with E-state index in [1.165, 1.54) is 12.4 Å². The predicted octanol–water partition coefficient (Wildman–Crippen LogP) is 6.55. The van der Waals surface area contributed by atoms with Crippen LogP contribution in [0.1, 0.15) is 71.9 Å². The number of nitrogens with zero attached hydrogens (tertiary/aromatic N) is 4. The van der Waals surface area contributed by atoms with Crippen LogP contribution in [0, 0.1) is 17.6 Å². The Morgan fingerprint density at radius 2 is 1.67 bits per heavy atom. The molecule has 2 heterocycles. The summed E-state index contributed by atoms with van der Waals surface area (Å²) >= 11 is 12.3. The fraction of sp³-hybridized carbons (Fsp3) is 0.429. The number of hydrogen-bond donors (Lipinski definition) is 1. The molecule has 2 aromatic heterocycles. The third-order valence-corrected chi connectivity index (χ3v) is 7.76. The quantitative estimate of drug-likeness (QED) is 0.209. The second kappa shape index (κ2) is 13.6. The van der Waals surface area contributed by atoms with Gasteiger partial charge in [0.1, 0.15) is 11.6 Å². The number of carbonyl (C=O) groups is 2. The second-order valence-corrected chi connectivity index (χ2v) is 10.9. The van der Waals surface area contributed by atoms with Gasteiger partial charge in [0.05, 0.1) is 53.0 Å². The standard InChI is InChI=1S/C28H27Cl2F5N4O4/c1-2-43-27(42)16-3-5-19(6-4-16)39-25(28(33,34)35)20(10-37-39)26(41)38(13-15-7-17(31)9-18(32)8-15)14-23(40)24-21(29)11-36-12-22(24)30/h7-12,16,19,23,40H,2-6,13-14H2,1H3/t16-,19-,23?. The molecule has 232 valence electrons. The molecule has 1 aliphatic rings. The van der Waals surface area contributed by atoms with Crippen molar-refractivity contribution in [1.29, 1.82) is 0 Å². The van der Waals surface area contributed by atoms with Crippen molar-refractivity contribution in [3.05, 3.63) is 80.9 Å². The number of aromatic nitrogens is 3. The zero-order chi connectivity index (χ0) is 31.5. The molecule has 1 saturated carbocycles. The third kappa shape index (κ3) is 7.63. The van der Waals surface area contributed by atoms with Gasteiger partial charge in [-0.25, -0.2) is 8.78 Å². The number of pyridine rings is 1. The van der Waals surface area contributed by atoms with Gasteiger partial charge in [-0.3, -0.25) is 19.3 Å². The number of rotatable bonds is 9. The van der Waals surface area contributed by atoms with Gasteiger partial charge < -0.3 is 14.7 Å². The number of hydrogen-bond acceptors (Lipinski definition) is 6. The minimum absolute atomic E-state index is 0.0355. The number of aliphatic hydroxyl groups is 1. The van der Waals surface area contributed by atoms with E-state index in [1.54, 1.807) is 6.92 Å². The van der Waals surface area contributed by atoms with Crippen LogP contribution in [0.5, 0.6) is 0 Å². The molecule has 0 spiro atoms. The maximum absolute atomic E-state index is 14.5. The monoisotopic (exact) mass is 648 g/mol. The van der Waals surface area contributed by atoms with Gasteiger partial charge in [0.15, 0.2) is 5.69 Å². The van der Waals surface area contributed by atoms with E-state index < -0.39 is 72.1 Å². The van der Waals surface area contributed by atoms with Gasteiger partial charge in [-0.15, -0.1) is 0 Å². The molecule has 1 aromatic carbocycles. The zero-order valence-electron chi connectivity index (χ0n) is 22.8. The summed E-state index contributed by atoms with van der Waals surface area (Å²) in [4.78, 5) is 30.5. The fourth-order valence-electron chi connectivity index (χ4n) is 5.25. The Balaban J connectivity index is 1.69. The maximum atomic E-state index is 14.5. The normalized spacial score (nSPS) is 17.9. The van der Waals surface area contributed by atoms with Crippen molar-refractivity contribution in [2.24, 2.45) is 5.92 Å². The summed E-state index contributed by atoms with van der Waals surface area (Å²) < 4.78 is 77.2. The van der Waals surface area contributed by atoms with Crippen molar-refractivity contribution in [3.63, 3.8) is 0 Å². The van der Waals surface area contributed by atoms with Crippen LogP contribution in [-0.2, 0) is 22.3 Å². The highest BCUT2D eigenvalue weighted by Crippen LogP contribution is 2.40. The Morgan fingerprint density at radius 1 is 1.07 bits per heavy atom. The number of alkyl halides is 3. The summed E-state index contributed by atoms with van der Waals surface area (Å²) in [6, 6.07) is 1.68. The van der Waals surface area contributed by atoms with Crippen molar-refractivity contribution in [2.75, 3.05) is 13.2 Å². The molecule has 1 N–H and O–H groups in total. The lowest BCUT2D eigenvalue weighted by molar-refractivity contribution is -0.151. The number of halogens is 7. The Labute approximate surface area is 253 Å². The molecule has 0 aliphatic heterocycles. The van der Waals surface area contributed by atoms with E-state index in [-0.39, 0.29) is 53.5 Å². The molecule has 3 aromatic rings. The van der Waals surface area contributed by atoms with Crippen LogP contribution in [-0.4, -0.2) is 49.8 Å². The van der Waals surface area contributed by atoms with E-state index in [0.717, 1.165) is 27.9 Å². The van der Waals surface area contributed by atoms with Crippen molar-refractivity contribution in [2.45, 2.75) is 57.5 Å². The van der Waals surface area contributed by atoms with Crippen LogP contribution in [0.2, 0.25) is 10.0 Å². The minimum Gasteiger partial charge on any atom is -0.466 e. The smallest absolute Gasteiger partial charge is 0.433 e. The van der Waals surface area contributed by atoms with E-state index in [1.807, 2.05) is 0 Å². The number of amides is 1. The number of carbonyl (C=O) groups excluding carboxylic acids is 2. The molecule has 0 bridgehead atoms. The second-order valence-electron chi connectivity index (χ2n) is 10.1. The summed E-state index contributed by atoms with van der Waals surface area (Å²) in [7, 11) is 0. The number of benzene rings is 1. The van der Waals surface area contributed by atoms with E-state index in [4.69, 9.17) is 27.9 Å². The molecular formula is C28H27Cl2F5N4O4. The summed E-state index contributed by atoms with van der Waals surface area (Å²) in [5.74, 6) is -4.00. The summed E-state index contributed by atoms with van der Waals surface area (Å²) in [6.45, 7) is 0.634. The van der Waals surface area contributed by atoms with Gasteiger partial charge in [-0.05, 0) is 50.3 Å². The van der Waals surface area contributed by atoms with Gasteiger partial charge in [0, 0.05) is 30.6 Å². The Hall–Kier alpha value is -3.29. The molecule has 1 amide bonds. The minimum atomic E-state index is -5.02. The van der Waals surface area contributed by atoms with Gasteiger partial charge in [-0.2, -0.15) is 18.3 Å². The summed E-state index contributed by atoms with van der Waals surface area (Å²) in [5.41, 5.74) is -2.26. The van der Waals surface area contributed by atoms with Crippen molar-refractivity contribution < 1.29 is 41.4 Å². The van der Waals surface area contributed by atoms with E-state index in [9.17, 15) is 36.6 Å². The molecule has 8 nitrogen and oxygen atoms in total. The molecule has 43 heavy (non-hydrogen) atoms. The number of ether oxygens (including phenoxy) is 1. The highest BCUT2D eigenvalue weighted by atomic mass is 35.5. The van der Waals surface area contributed by atoms with Gasteiger partial charge in [-0.1, -0.05) is 23.2 Å². The highest BCUT2D eigenvalue weighted by Gasteiger charge is 2.43. The summed E-state index contributed by atoms with van der Waals surface area (Å²) in [5, 5.41) is 14.8. The lowest BCUT2D eigenvalue weighted by atomic mass is 9.86. The topological polar surface area (TPSA) is 97.6 Å². The highest BCUT2D eigenvalue weighted by molar-refractivity contribution is 6.35. The van der Waals surface area contributed by atoms with E-state index >= 15 is 0 Å². The Kier molecular flexibility index (Phi) is 10.3. The van der Waals surface area contributed by atoms with E-state index in [0.29, 0.717) is 6.07 Å².